The van der Waals surface area contributed by atoms with E-state index in [1.807, 2.05) is 18.6 Å². The van der Waals surface area contributed by atoms with Crippen LogP contribution in [0.1, 0.15) is 43.1 Å². The van der Waals surface area contributed by atoms with Crippen molar-refractivity contribution in [2.45, 2.75) is 38.4 Å². The first kappa shape index (κ1) is 12.9. The highest BCUT2D eigenvalue weighted by Gasteiger charge is 2.25. The molecule has 0 saturated heterocycles. The van der Waals surface area contributed by atoms with Gasteiger partial charge >= 0.3 is 0 Å². The number of rotatable bonds is 5. The normalized spacial score (nSPS) is 16.5. The minimum atomic E-state index is 0.318. The fourth-order valence-corrected chi connectivity index (χ4v) is 2.97. The number of imidazole rings is 1. The molecule has 1 aromatic carbocycles. The Labute approximate surface area is 122 Å². The standard InChI is InChI=1S/C15H18BrN3/c1-11(14-4-2-3-5-15(14)16)18-9-13-8-17-10-19(13)12-6-7-12/h2-5,8,10-12,18H,6-7,9H2,1H3/t11-/m1/s1. The minimum absolute atomic E-state index is 0.318. The van der Waals surface area contributed by atoms with Crippen molar-refractivity contribution in [3.05, 3.63) is 52.5 Å². The van der Waals surface area contributed by atoms with Crippen LogP contribution in [0.3, 0.4) is 0 Å². The van der Waals surface area contributed by atoms with Crippen LogP contribution in [0, 0.1) is 0 Å². The zero-order valence-corrected chi connectivity index (χ0v) is 12.6. The molecule has 2 aromatic rings. The Kier molecular flexibility index (Phi) is 3.71. The topological polar surface area (TPSA) is 29.9 Å². The van der Waals surface area contributed by atoms with Crippen LogP contribution in [-0.2, 0) is 6.54 Å². The van der Waals surface area contributed by atoms with E-state index in [1.54, 1.807) is 0 Å². The van der Waals surface area contributed by atoms with Gasteiger partial charge in [-0.25, -0.2) is 4.98 Å². The number of hydrogen-bond acceptors (Lipinski definition) is 2. The van der Waals surface area contributed by atoms with Crippen molar-refractivity contribution >= 4 is 15.9 Å². The van der Waals surface area contributed by atoms with Crippen molar-refractivity contribution in [1.29, 1.82) is 0 Å². The predicted octanol–water partition coefficient (Wildman–Crippen LogP) is 3.83. The number of hydrogen-bond donors (Lipinski definition) is 1. The van der Waals surface area contributed by atoms with E-state index < -0.39 is 0 Å². The van der Waals surface area contributed by atoms with Gasteiger partial charge in [-0.1, -0.05) is 34.1 Å². The van der Waals surface area contributed by atoms with Gasteiger partial charge in [-0.3, -0.25) is 0 Å². The molecule has 0 spiro atoms. The molecule has 1 fully saturated rings. The van der Waals surface area contributed by atoms with Crippen molar-refractivity contribution in [1.82, 2.24) is 14.9 Å². The molecule has 0 unspecified atom stereocenters. The van der Waals surface area contributed by atoms with Gasteiger partial charge in [0.2, 0.25) is 0 Å². The molecule has 0 bridgehead atoms. The summed E-state index contributed by atoms with van der Waals surface area (Å²) >= 11 is 3.61. The smallest absolute Gasteiger partial charge is 0.0951 e. The van der Waals surface area contributed by atoms with Crippen LogP contribution < -0.4 is 5.32 Å². The van der Waals surface area contributed by atoms with Gasteiger partial charge in [0.15, 0.2) is 0 Å². The van der Waals surface area contributed by atoms with Crippen molar-refractivity contribution < 1.29 is 0 Å². The third kappa shape index (κ3) is 2.90. The van der Waals surface area contributed by atoms with Crippen LogP contribution in [0.4, 0.5) is 0 Å². The van der Waals surface area contributed by atoms with E-state index in [0.717, 1.165) is 11.0 Å². The molecule has 0 radical (unpaired) electrons. The summed E-state index contributed by atoms with van der Waals surface area (Å²) in [5.74, 6) is 0. The van der Waals surface area contributed by atoms with Crippen LogP contribution in [0.25, 0.3) is 0 Å². The van der Waals surface area contributed by atoms with Crippen molar-refractivity contribution in [2.24, 2.45) is 0 Å². The lowest BCUT2D eigenvalue weighted by molar-refractivity contribution is 0.545. The van der Waals surface area contributed by atoms with Crippen LogP contribution in [0.15, 0.2) is 41.3 Å². The molecule has 100 valence electrons. The Bertz CT molecular complexity index is 560. The quantitative estimate of drug-likeness (QED) is 0.907. The third-order valence-electron chi connectivity index (χ3n) is 3.65. The first-order chi connectivity index (χ1) is 9.25. The highest BCUT2D eigenvalue weighted by Crippen LogP contribution is 2.35. The number of aromatic nitrogens is 2. The Morgan fingerprint density at radius 2 is 2.21 bits per heavy atom. The molecule has 1 N–H and O–H groups in total. The minimum Gasteiger partial charge on any atom is -0.330 e. The first-order valence-electron chi connectivity index (χ1n) is 6.74. The Morgan fingerprint density at radius 3 is 2.95 bits per heavy atom. The Hall–Kier alpha value is -1.13. The van der Waals surface area contributed by atoms with Gasteiger partial charge in [0.25, 0.3) is 0 Å². The van der Waals surface area contributed by atoms with Gasteiger partial charge in [0.1, 0.15) is 0 Å². The monoisotopic (exact) mass is 319 g/mol. The third-order valence-corrected chi connectivity index (χ3v) is 4.37. The molecule has 1 aromatic heterocycles. The maximum atomic E-state index is 4.27. The van der Waals surface area contributed by atoms with E-state index in [0.29, 0.717) is 12.1 Å². The largest absolute Gasteiger partial charge is 0.330 e. The summed E-state index contributed by atoms with van der Waals surface area (Å²) < 4.78 is 3.46. The fraction of sp³-hybridized carbons (Fsp3) is 0.400. The average Bonchev–Trinajstić information content (AvgIpc) is 3.15. The van der Waals surface area contributed by atoms with Gasteiger partial charge in [-0.15, -0.1) is 0 Å². The zero-order chi connectivity index (χ0) is 13.2. The second kappa shape index (κ2) is 5.47. The zero-order valence-electron chi connectivity index (χ0n) is 11.0. The first-order valence-corrected chi connectivity index (χ1v) is 7.53. The number of nitrogens with zero attached hydrogens (tertiary/aromatic N) is 2. The summed E-state index contributed by atoms with van der Waals surface area (Å²) in [6.45, 7) is 3.05. The van der Waals surface area contributed by atoms with Crippen LogP contribution in [-0.4, -0.2) is 9.55 Å². The molecular weight excluding hydrogens is 302 g/mol. The lowest BCUT2D eigenvalue weighted by atomic mass is 10.1. The van der Waals surface area contributed by atoms with E-state index >= 15 is 0 Å². The van der Waals surface area contributed by atoms with Crippen LogP contribution >= 0.6 is 15.9 Å². The summed E-state index contributed by atoms with van der Waals surface area (Å²) in [5.41, 5.74) is 2.57. The average molecular weight is 320 g/mol. The second-order valence-corrected chi connectivity index (χ2v) is 6.00. The van der Waals surface area contributed by atoms with E-state index in [2.05, 4.69) is 55.9 Å². The number of halogens is 1. The summed E-state index contributed by atoms with van der Waals surface area (Å²) in [4.78, 5) is 4.27. The molecule has 3 rings (SSSR count). The van der Waals surface area contributed by atoms with E-state index in [4.69, 9.17) is 0 Å². The molecule has 1 aliphatic carbocycles. The second-order valence-electron chi connectivity index (χ2n) is 5.15. The van der Waals surface area contributed by atoms with Crippen LogP contribution in [0.2, 0.25) is 0 Å². The molecule has 1 saturated carbocycles. The molecule has 0 amide bonds. The van der Waals surface area contributed by atoms with E-state index in [1.165, 1.54) is 24.1 Å². The molecule has 3 nitrogen and oxygen atoms in total. The van der Waals surface area contributed by atoms with Gasteiger partial charge in [-0.05, 0) is 31.4 Å². The van der Waals surface area contributed by atoms with E-state index in [-0.39, 0.29) is 0 Å². The van der Waals surface area contributed by atoms with Crippen molar-refractivity contribution in [2.75, 3.05) is 0 Å². The molecule has 4 heteroatoms. The van der Waals surface area contributed by atoms with Gasteiger partial charge in [0, 0.05) is 29.3 Å². The lowest BCUT2D eigenvalue weighted by Gasteiger charge is -2.16. The maximum Gasteiger partial charge on any atom is 0.0951 e. The molecule has 19 heavy (non-hydrogen) atoms. The highest BCUT2D eigenvalue weighted by atomic mass is 79.9. The summed E-state index contributed by atoms with van der Waals surface area (Å²) in [5, 5.41) is 3.57. The number of nitrogens with one attached hydrogen (secondary N) is 1. The number of benzene rings is 1. The molecule has 0 aliphatic heterocycles. The van der Waals surface area contributed by atoms with Gasteiger partial charge in [-0.2, -0.15) is 0 Å². The molecular formula is C15H18BrN3. The van der Waals surface area contributed by atoms with Gasteiger partial charge in [0.05, 0.1) is 12.0 Å². The molecule has 1 atom stereocenters. The highest BCUT2D eigenvalue weighted by molar-refractivity contribution is 9.10. The summed E-state index contributed by atoms with van der Waals surface area (Å²) in [6, 6.07) is 9.37. The molecule has 1 heterocycles. The predicted molar refractivity (Wildman–Crippen MR) is 79.9 cm³/mol. The van der Waals surface area contributed by atoms with Gasteiger partial charge < -0.3 is 9.88 Å². The van der Waals surface area contributed by atoms with E-state index in [9.17, 15) is 0 Å². The maximum absolute atomic E-state index is 4.27. The Morgan fingerprint density at radius 1 is 1.42 bits per heavy atom. The SMILES string of the molecule is C[C@@H](NCc1cncn1C1CC1)c1ccccc1Br. The lowest BCUT2D eigenvalue weighted by Crippen LogP contribution is -2.20. The fourth-order valence-electron chi connectivity index (χ4n) is 2.34. The molecule has 1 aliphatic rings. The summed E-state index contributed by atoms with van der Waals surface area (Å²) in [7, 11) is 0. The summed E-state index contributed by atoms with van der Waals surface area (Å²) in [6.07, 6.45) is 6.52. The van der Waals surface area contributed by atoms with Crippen LogP contribution in [0.5, 0.6) is 0 Å². The Balaban J connectivity index is 1.65. The van der Waals surface area contributed by atoms with Crippen molar-refractivity contribution in [3.8, 4) is 0 Å². The van der Waals surface area contributed by atoms with Crippen molar-refractivity contribution in [3.63, 3.8) is 0 Å².